The lowest BCUT2D eigenvalue weighted by molar-refractivity contribution is -0.133. The van der Waals surface area contributed by atoms with Crippen LogP contribution in [-0.4, -0.2) is 31.6 Å². The molecule has 90 valence electrons. The molecule has 0 unspecified atom stereocenters. The van der Waals surface area contributed by atoms with E-state index in [1.807, 2.05) is 13.0 Å². The molecule has 0 aliphatic heterocycles. The molecule has 1 N–H and O–H groups in total. The molecule has 0 aliphatic carbocycles. The predicted octanol–water partition coefficient (Wildman–Crippen LogP) is 1.56. The van der Waals surface area contributed by atoms with E-state index in [1.165, 1.54) is 0 Å². The van der Waals surface area contributed by atoms with Gasteiger partial charge in [-0.25, -0.2) is 4.68 Å². The molecule has 17 heavy (non-hydrogen) atoms. The zero-order chi connectivity index (χ0) is 12.4. The first-order chi connectivity index (χ1) is 8.08. The van der Waals surface area contributed by atoms with Gasteiger partial charge in [0.15, 0.2) is 10.9 Å². The van der Waals surface area contributed by atoms with Gasteiger partial charge in [-0.15, -0.1) is 5.10 Å². The third-order valence-electron chi connectivity index (χ3n) is 2.11. The molecule has 0 aliphatic rings. The fourth-order valence-corrected chi connectivity index (χ4v) is 1.95. The number of carboxylic acid groups (broad SMARTS) is 1. The van der Waals surface area contributed by atoms with Crippen LogP contribution in [0.2, 0.25) is 0 Å². The van der Waals surface area contributed by atoms with E-state index in [9.17, 15) is 4.79 Å². The molecular weight excluding hydrogens is 242 g/mol. The molecule has 0 saturated heterocycles. The Morgan fingerprint density at radius 2 is 2.41 bits per heavy atom. The van der Waals surface area contributed by atoms with Crippen LogP contribution in [-0.2, 0) is 11.8 Å². The van der Waals surface area contributed by atoms with Crippen molar-refractivity contribution in [2.24, 2.45) is 7.05 Å². The number of rotatable bonds is 4. The van der Waals surface area contributed by atoms with Crippen LogP contribution in [0.4, 0.5) is 0 Å². The third kappa shape index (κ3) is 2.50. The minimum Gasteiger partial charge on any atom is -0.481 e. The standard InChI is InChI=1S/C10H11N3O3S/c1-6-3-4-16-8(6)9-11-10(13(2)12-9)17-5-7(14)15/h3-4H,5H2,1-2H3,(H,14,15). The summed E-state index contributed by atoms with van der Waals surface area (Å²) in [5.74, 6) is 0.169. The van der Waals surface area contributed by atoms with Crippen molar-refractivity contribution in [1.29, 1.82) is 0 Å². The molecule has 0 amide bonds. The molecule has 0 bridgehead atoms. The quantitative estimate of drug-likeness (QED) is 0.833. The molecule has 2 aromatic heterocycles. The summed E-state index contributed by atoms with van der Waals surface area (Å²) in [5.41, 5.74) is 0.949. The van der Waals surface area contributed by atoms with Crippen LogP contribution in [0.15, 0.2) is 21.9 Å². The average molecular weight is 253 g/mol. The molecule has 0 saturated carbocycles. The van der Waals surface area contributed by atoms with Crippen LogP contribution in [0, 0.1) is 6.92 Å². The lowest BCUT2D eigenvalue weighted by Gasteiger charge is -1.94. The smallest absolute Gasteiger partial charge is 0.313 e. The number of thioether (sulfide) groups is 1. The van der Waals surface area contributed by atoms with E-state index in [0.29, 0.717) is 16.7 Å². The first-order valence-corrected chi connectivity index (χ1v) is 5.86. The summed E-state index contributed by atoms with van der Waals surface area (Å²) < 4.78 is 6.83. The minimum absolute atomic E-state index is 0.0386. The largest absolute Gasteiger partial charge is 0.481 e. The Bertz CT molecular complexity index is 547. The fraction of sp³-hybridized carbons (Fsp3) is 0.300. The Kier molecular flexibility index (Phi) is 3.19. The van der Waals surface area contributed by atoms with Gasteiger partial charge in [0.25, 0.3) is 0 Å². The maximum atomic E-state index is 10.5. The van der Waals surface area contributed by atoms with E-state index in [4.69, 9.17) is 9.52 Å². The van der Waals surface area contributed by atoms with E-state index in [2.05, 4.69) is 10.1 Å². The second kappa shape index (κ2) is 4.62. The minimum atomic E-state index is -0.881. The number of aliphatic carboxylic acids is 1. The highest BCUT2D eigenvalue weighted by atomic mass is 32.2. The number of carbonyl (C=O) groups is 1. The zero-order valence-corrected chi connectivity index (χ0v) is 10.2. The highest BCUT2D eigenvalue weighted by Crippen LogP contribution is 2.24. The van der Waals surface area contributed by atoms with Crippen molar-refractivity contribution in [2.75, 3.05) is 5.75 Å². The molecule has 6 nitrogen and oxygen atoms in total. The Hall–Kier alpha value is -1.76. The van der Waals surface area contributed by atoms with E-state index in [1.54, 1.807) is 18.0 Å². The van der Waals surface area contributed by atoms with E-state index >= 15 is 0 Å². The molecule has 7 heteroatoms. The summed E-state index contributed by atoms with van der Waals surface area (Å²) in [6, 6.07) is 1.83. The monoisotopic (exact) mass is 253 g/mol. The molecule has 2 aromatic rings. The first-order valence-electron chi connectivity index (χ1n) is 4.88. The lowest BCUT2D eigenvalue weighted by Crippen LogP contribution is -2.00. The van der Waals surface area contributed by atoms with Gasteiger partial charge in [0.2, 0.25) is 5.82 Å². The third-order valence-corrected chi connectivity index (χ3v) is 3.12. The van der Waals surface area contributed by atoms with Crippen molar-refractivity contribution in [3.05, 3.63) is 17.9 Å². The zero-order valence-electron chi connectivity index (χ0n) is 9.38. The molecule has 0 radical (unpaired) electrons. The van der Waals surface area contributed by atoms with Gasteiger partial charge < -0.3 is 9.52 Å². The van der Waals surface area contributed by atoms with Crippen molar-refractivity contribution in [3.8, 4) is 11.6 Å². The maximum Gasteiger partial charge on any atom is 0.313 e. The molecule has 0 spiro atoms. The van der Waals surface area contributed by atoms with E-state index in [-0.39, 0.29) is 5.75 Å². The number of aromatic nitrogens is 3. The number of hydrogen-bond donors (Lipinski definition) is 1. The Balaban J connectivity index is 2.24. The van der Waals surface area contributed by atoms with Crippen LogP contribution in [0.25, 0.3) is 11.6 Å². The van der Waals surface area contributed by atoms with Crippen molar-refractivity contribution < 1.29 is 14.3 Å². The van der Waals surface area contributed by atoms with Gasteiger partial charge in [0.05, 0.1) is 12.0 Å². The van der Waals surface area contributed by atoms with Crippen LogP contribution in [0.5, 0.6) is 0 Å². The number of furan rings is 1. The molecule has 0 aromatic carbocycles. The van der Waals surface area contributed by atoms with Gasteiger partial charge in [-0.1, -0.05) is 11.8 Å². The summed E-state index contributed by atoms with van der Waals surface area (Å²) in [5, 5.41) is 13.3. The summed E-state index contributed by atoms with van der Waals surface area (Å²) in [7, 11) is 1.72. The van der Waals surface area contributed by atoms with Crippen molar-refractivity contribution in [3.63, 3.8) is 0 Å². The lowest BCUT2D eigenvalue weighted by atomic mass is 10.3. The van der Waals surface area contributed by atoms with Crippen molar-refractivity contribution in [2.45, 2.75) is 12.1 Å². The van der Waals surface area contributed by atoms with Crippen LogP contribution < -0.4 is 0 Å². The number of aryl methyl sites for hydroxylation is 2. The molecular formula is C10H11N3O3S. The van der Waals surface area contributed by atoms with Crippen LogP contribution in [0.3, 0.4) is 0 Å². The fourth-order valence-electron chi connectivity index (χ4n) is 1.32. The second-order valence-electron chi connectivity index (χ2n) is 3.46. The van der Waals surface area contributed by atoms with Gasteiger partial charge in [-0.3, -0.25) is 4.79 Å². The van der Waals surface area contributed by atoms with E-state index < -0.39 is 5.97 Å². The van der Waals surface area contributed by atoms with Gasteiger partial charge in [-0.2, -0.15) is 4.98 Å². The normalized spacial score (nSPS) is 10.7. The molecule has 2 heterocycles. The van der Waals surface area contributed by atoms with Crippen LogP contribution >= 0.6 is 11.8 Å². The highest BCUT2D eigenvalue weighted by Gasteiger charge is 2.14. The number of nitrogens with zero attached hydrogens (tertiary/aromatic N) is 3. The second-order valence-corrected chi connectivity index (χ2v) is 4.40. The van der Waals surface area contributed by atoms with Gasteiger partial charge in [-0.05, 0) is 18.6 Å². The SMILES string of the molecule is Cc1ccoc1-c1nc(SCC(=O)O)n(C)n1. The van der Waals surface area contributed by atoms with Gasteiger partial charge >= 0.3 is 5.97 Å². The van der Waals surface area contributed by atoms with Crippen molar-refractivity contribution >= 4 is 17.7 Å². The number of carboxylic acids is 1. The van der Waals surface area contributed by atoms with E-state index in [0.717, 1.165) is 17.3 Å². The van der Waals surface area contributed by atoms with Crippen molar-refractivity contribution in [1.82, 2.24) is 14.8 Å². The van der Waals surface area contributed by atoms with Crippen LogP contribution in [0.1, 0.15) is 5.56 Å². The van der Waals surface area contributed by atoms with Gasteiger partial charge in [0.1, 0.15) is 0 Å². The summed E-state index contributed by atoms with van der Waals surface area (Å²) >= 11 is 1.13. The topological polar surface area (TPSA) is 81.1 Å². The predicted molar refractivity (Wildman–Crippen MR) is 61.8 cm³/mol. The Morgan fingerprint density at radius 1 is 1.65 bits per heavy atom. The summed E-state index contributed by atoms with van der Waals surface area (Å²) in [4.78, 5) is 14.7. The summed E-state index contributed by atoms with van der Waals surface area (Å²) in [6.45, 7) is 1.90. The summed E-state index contributed by atoms with van der Waals surface area (Å²) in [6.07, 6.45) is 1.57. The van der Waals surface area contributed by atoms with Gasteiger partial charge in [0, 0.05) is 7.05 Å². The molecule has 2 rings (SSSR count). The Labute approximate surface area is 102 Å². The molecule has 0 fully saturated rings. The Morgan fingerprint density at radius 3 is 3.00 bits per heavy atom. The average Bonchev–Trinajstić information content (AvgIpc) is 2.82. The first kappa shape index (κ1) is 11.7. The highest BCUT2D eigenvalue weighted by molar-refractivity contribution is 7.99. The number of hydrogen-bond acceptors (Lipinski definition) is 5. The maximum absolute atomic E-state index is 10.5. The molecule has 0 atom stereocenters.